The molecule has 6 heteroatoms. The molecule has 0 aliphatic carbocycles. The summed E-state index contributed by atoms with van der Waals surface area (Å²) < 4.78 is 11.4. The third-order valence-corrected chi connectivity index (χ3v) is 5.78. The van der Waals surface area contributed by atoms with E-state index in [4.69, 9.17) is 9.26 Å². The minimum atomic E-state index is -0.0436. The second kappa shape index (κ2) is 7.35. The highest BCUT2D eigenvalue weighted by Crippen LogP contribution is 2.25. The zero-order valence-corrected chi connectivity index (χ0v) is 16.3. The van der Waals surface area contributed by atoms with E-state index < -0.39 is 0 Å². The van der Waals surface area contributed by atoms with Gasteiger partial charge in [0.15, 0.2) is 5.69 Å². The van der Waals surface area contributed by atoms with Crippen LogP contribution < -0.4 is 4.74 Å². The van der Waals surface area contributed by atoms with Crippen molar-refractivity contribution in [3.8, 4) is 5.75 Å². The van der Waals surface area contributed by atoms with Crippen LogP contribution in [-0.4, -0.2) is 53.1 Å². The Labute approximate surface area is 160 Å². The van der Waals surface area contributed by atoms with Crippen LogP contribution in [0.15, 0.2) is 22.7 Å². The van der Waals surface area contributed by atoms with Crippen LogP contribution in [0.1, 0.15) is 45.8 Å². The molecule has 2 aliphatic rings. The minimum absolute atomic E-state index is 0.0436. The molecule has 0 radical (unpaired) electrons. The van der Waals surface area contributed by atoms with Crippen molar-refractivity contribution < 1.29 is 14.1 Å². The van der Waals surface area contributed by atoms with Crippen LogP contribution >= 0.6 is 0 Å². The normalized spacial score (nSPS) is 20.0. The summed E-state index contributed by atoms with van der Waals surface area (Å²) in [5.74, 6) is 1.43. The second-order valence-corrected chi connectivity index (χ2v) is 7.71. The predicted octanol–water partition coefficient (Wildman–Crippen LogP) is 3.10. The highest BCUT2D eigenvalue weighted by molar-refractivity contribution is 5.94. The molecule has 6 nitrogen and oxygen atoms in total. The first kappa shape index (κ1) is 18.0. The molecule has 4 rings (SSSR count). The van der Waals surface area contributed by atoms with Crippen LogP contribution in [0, 0.1) is 20.8 Å². The molecule has 0 saturated carbocycles. The van der Waals surface area contributed by atoms with Crippen molar-refractivity contribution in [2.24, 2.45) is 0 Å². The Balaban J connectivity index is 1.49. The molecule has 1 aromatic heterocycles. The lowest BCUT2D eigenvalue weighted by Crippen LogP contribution is -2.52. The van der Waals surface area contributed by atoms with Crippen LogP contribution in [0.25, 0.3) is 0 Å². The van der Waals surface area contributed by atoms with Gasteiger partial charge in [-0.2, -0.15) is 0 Å². The maximum atomic E-state index is 13.1. The summed E-state index contributed by atoms with van der Waals surface area (Å²) >= 11 is 0. The number of nitrogens with zero attached hydrogens (tertiary/aromatic N) is 3. The van der Waals surface area contributed by atoms with E-state index in [1.807, 2.05) is 37.8 Å². The van der Waals surface area contributed by atoms with E-state index in [2.05, 4.69) is 16.1 Å². The highest BCUT2D eigenvalue weighted by atomic mass is 16.5. The van der Waals surface area contributed by atoms with E-state index in [9.17, 15) is 4.79 Å². The van der Waals surface area contributed by atoms with Crippen molar-refractivity contribution in [2.75, 3.05) is 26.2 Å². The van der Waals surface area contributed by atoms with E-state index in [0.717, 1.165) is 48.6 Å². The van der Waals surface area contributed by atoms with Crippen LogP contribution in [0.2, 0.25) is 0 Å². The zero-order valence-electron chi connectivity index (χ0n) is 16.3. The van der Waals surface area contributed by atoms with Gasteiger partial charge in [-0.1, -0.05) is 17.3 Å². The first-order valence-corrected chi connectivity index (χ1v) is 9.71. The van der Waals surface area contributed by atoms with Crippen molar-refractivity contribution in [1.82, 2.24) is 15.0 Å². The van der Waals surface area contributed by atoms with Gasteiger partial charge in [0.05, 0.1) is 5.56 Å². The van der Waals surface area contributed by atoms with Crippen LogP contribution in [-0.2, 0) is 6.61 Å². The van der Waals surface area contributed by atoms with Crippen LogP contribution in [0.3, 0.4) is 0 Å². The molecule has 1 amide bonds. The third kappa shape index (κ3) is 3.58. The molecule has 1 aromatic carbocycles. The average molecular weight is 369 g/mol. The zero-order chi connectivity index (χ0) is 19.0. The Hall–Kier alpha value is -2.34. The Bertz CT molecular complexity index is 845. The molecule has 0 N–H and O–H groups in total. The summed E-state index contributed by atoms with van der Waals surface area (Å²) in [7, 11) is 0. The van der Waals surface area contributed by atoms with Crippen LogP contribution in [0.5, 0.6) is 5.75 Å². The van der Waals surface area contributed by atoms with Gasteiger partial charge >= 0.3 is 0 Å². The third-order valence-electron chi connectivity index (χ3n) is 5.78. The quantitative estimate of drug-likeness (QED) is 0.829. The van der Waals surface area contributed by atoms with Crippen molar-refractivity contribution in [1.29, 1.82) is 0 Å². The largest absolute Gasteiger partial charge is 0.488 e. The van der Waals surface area contributed by atoms with Gasteiger partial charge in [-0.25, -0.2) is 0 Å². The smallest absolute Gasteiger partial charge is 0.276 e. The molecule has 144 valence electrons. The Morgan fingerprint density at radius 1 is 1.26 bits per heavy atom. The van der Waals surface area contributed by atoms with Crippen molar-refractivity contribution >= 4 is 5.91 Å². The van der Waals surface area contributed by atoms with E-state index in [1.54, 1.807) is 0 Å². The molecular weight excluding hydrogens is 342 g/mol. The van der Waals surface area contributed by atoms with Crippen LogP contribution in [0.4, 0.5) is 0 Å². The van der Waals surface area contributed by atoms with Gasteiger partial charge in [0.2, 0.25) is 0 Å². The fourth-order valence-electron chi connectivity index (χ4n) is 4.07. The van der Waals surface area contributed by atoms with E-state index in [0.29, 0.717) is 17.5 Å². The minimum Gasteiger partial charge on any atom is -0.488 e. The first-order chi connectivity index (χ1) is 13.0. The standard InChI is InChI=1S/C21H27N3O3/c1-14-6-7-15(2)19(11-14)26-13-18-16(3)27-22-20(18)21(25)24-10-9-23-8-4-5-17(23)12-24/h6-7,11,17H,4-5,8-10,12-13H2,1-3H3. The summed E-state index contributed by atoms with van der Waals surface area (Å²) in [6.07, 6.45) is 2.40. The van der Waals surface area contributed by atoms with E-state index in [-0.39, 0.29) is 12.5 Å². The molecule has 0 spiro atoms. The Morgan fingerprint density at radius 2 is 2.11 bits per heavy atom. The van der Waals surface area contributed by atoms with Gasteiger partial charge in [-0.05, 0) is 57.4 Å². The second-order valence-electron chi connectivity index (χ2n) is 7.71. The number of ether oxygens (including phenoxy) is 1. The number of fused-ring (bicyclic) bond motifs is 1. The van der Waals surface area contributed by atoms with Gasteiger partial charge in [-0.3, -0.25) is 9.69 Å². The molecule has 2 aromatic rings. The van der Waals surface area contributed by atoms with E-state index in [1.165, 1.54) is 12.8 Å². The van der Waals surface area contributed by atoms with Gasteiger partial charge in [-0.15, -0.1) is 0 Å². The topological polar surface area (TPSA) is 58.8 Å². The van der Waals surface area contributed by atoms with E-state index >= 15 is 0 Å². The number of aryl methyl sites for hydroxylation is 3. The number of hydrogen-bond acceptors (Lipinski definition) is 5. The Morgan fingerprint density at radius 3 is 2.96 bits per heavy atom. The maximum Gasteiger partial charge on any atom is 0.276 e. The summed E-state index contributed by atoms with van der Waals surface area (Å²) in [4.78, 5) is 17.5. The molecule has 2 aliphatic heterocycles. The fraction of sp³-hybridized carbons (Fsp3) is 0.524. The first-order valence-electron chi connectivity index (χ1n) is 9.71. The number of carbonyl (C=O) groups is 1. The lowest BCUT2D eigenvalue weighted by molar-refractivity contribution is 0.0559. The number of hydrogen-bond donors (Lipinski definition) is 0. The maximum absolute atomic E-state index is 13.1. The highest BCUT2D eigenvalue weighted by Gasteiger charge is 2.34. The average Bonchev–Trinajstić information content (AvgIpc) is 3.27. The fourth-order valence-corrected chi connectivity index (χ4v) is 4.07. The lowest BCUT2D eigenvalue weighted by Gasteiger charge is -2.37. The summed E-state index contributed by atoms with van der Waals surface area (Å²) in [5.41, 5.74) is 3.35. The molecule has 1 atom stereocenters. The van der Waals surface area contributed by atoms with Gasteiger partial charge in [0.1, 0.15) is 18.1 Å². The molecule has 27 heavy (non-hydrogen) atoms. The SMILES string of the molecule is Cc1ccc(C)c(OCc2c(C(=O)N3CCN4CCCC4C3)noc2C)c1. The number of amides is 1. The predicted molar refractivity (Wildman–Crippen MR) is 102 cm³/mol. The van der Waals surface area contributed by atoms with Crippen molar-refractivity contribution in [3.63, 3.8) is 0 Å². The molecule has 3 heterocycles. The lowest BCUT2D eigenvalue weighted by atomic mass is 10.1. The van der Waals surface area contributed by atoms with Gasteiger partial charge in [0, 0.05) is 25.7 Å². The number of rotatable bonds is 4. The molecule has 0 bridgehead atoms. The van der Waals surface area contributed by atoms with Gasteiger partial charge < -0.3 is 14.2 Å². The van der Waals surface area contributed by atoms with Gasteiger partial charge in [0.25, 0.3) is 5.91 Å². The number of aromatic nitrogens is 1. The summed E-state index contributed by atoms with van der Waals surface area (Å²) in [6, 6.07) is 6.60. The number of carbonyl (C=O) groups excluding carboxylic acids is 1. The van der Waals surface area contributed by atoms with Crippen molar-refractivity contribution in [2.45, 2.75) is 46.3 Å². The molecule has 1 unspecified atom stereocenters. The number of benzene rings is 1. The Kier molecular flexibility index (Phi) is 4.91. The molecular formula is C21H27N3O3. The number of piperazine rings is 1. The monoisotopic (exact) mass is 369 g/mol. The molecule has 2 saturated heterocycles. The summed E-state index contributed by atoms with van der Waals surface area (Å²) in [6.45, 7) is 9.80. The molecule has 2 fully saturated rings. The summed E-state index contributed by atoms with van der Waals surface area (Å²) in [5, 5.41) is 4.07. The van der Waals surface area contributed by atoms with Crippen molar-refractivity contribution in [3.05, 3.63) is 46.3 Å².